The van der Waals surface area contributed by atoms with Crippen molar-refractivity contribution in [3.05, 3.63) is 58.1 Å². The zero-order valence-corrected chi connectivity index (χ0v) is 11.8. The third kappa shape index (κ3) is 2.40. The number of hydrogen-bond donors (Lipinski definition) is 0. The van der Waals surface area contributed by atoms with Gasteiger partial charge >= 0.3 is 0 Å². The van der Waals surface area contributed by atoms with E-state index in [0.29, 0.717) is 0 Å². The molecule has 0 fully saturated rings. The summed E-state index contributed by atoms with van der Waals surface area (Å²) in [5, 5.41) is 0. The summed E-state index contributed by atoms with van der Waals surface area (Å²) in [4.78, 5) is 0. The summed E-state index contributed by atoms with van der Waals surface area (Å²) in [7, 11) is 0. The van der Waals surface area contributed by atoms with E-state index in [0.717, 1.165) is 11.5 Å². The second-order valence-electron chi connectivity index (χ2n) is 5.02. The summed E-state index contributed by atoms with van der Waals surface area (Å²) in [6.07, 6.45) is 0. The second kappa shape index (κ2) is 4.85. The van der Waals surface area contributed by atoms with E-state index >= 15 is 0 Å². The van der Waals surface area contributed by atoms with Crippen molar-refractivity contribution in [3.63, 3.8) is 0 Å². The van der Waals surface area contributed by atoms with Gasteiger partial charge in [-0.3, -0.25) is 0 Å². The van der Waals surface area contributed by atoms with E-state index in [2.05, 4.69) is 65.0 Å². The van der Waals surface area contributed by atoms with E-state index in [1.165, 1.54) is 27.8 Å². The lowest BCUT2D eigenvalue weighted by atomic mass is 10.1. The van der Waals surface area contributed by atoms with Crippen LogP contribution in [0.25, 0.3) is 0 Å². The Morgan fingerprint density at radius 2 is 1.33 bits per heavy atom. The highest BCUT2D eigenvalue weighted by atomic mass is 16.5. The first-order chi connectivity index (χ1) is 8.49. The molecule has 0 N–H and O–H groups in total. The Hall–Kier alpha value is -1.76. The standard InChI is InChI=1S/C17H20O/c1-11-6-7-13(3)16(10-11)18-17-14(4)9-8-12(2)15(17)5/h6-10H,1-5H3. The van der Waals surface area contributed by atoms with Crippen LogP contribution in [0.2, 0.25) is 0 Å². The lowest BCUT2D eigenvalue weighted by Gasteiger charge is -2.15. The van der Waals surface area contributed by atoms with E-state index in [-0.39, 0.29) is 0 Å². The van der Waals surface area contributed by atoms with Crippen molar-refractivity contribution in [2.24, 2.45) is 0 Å². The van der Waals surface area contributed by atoms with E-state index in [4.69, 9.17) is 4.74 Å². The fourth-order valence-electron chi connectivity index (χ4n) is 2.01. The van der Waals surface area contributed by atoms with Gasteiger partial charge in [-0.15, -0.1) is 0 Å². The molecule has 2 aromatic carbocycles. The van der Waals surface area contributed by atoms with Gasteiger partial charge in [0.15, 0.2) is 0 Å². The first-order valence-corrected chi connectivity index (χ1v) is 6.31. The van der Waals surface area contributed by atoms with Crippen molar-refractivity contribution in [1.29, 1.82) is 0 Å². The molecular formula is C17H20O. The fourth-order valence-corrected chi connectivity index (χ4v) is 2.01. The zero-order chi connectivity index (χ0) is 13.3. The van der Waals surface area contributed by atoms with Crippen LogP contribution < -0.4 is 4.74 Å². The van der Waals surface area contributed by atoms with Crippen molar-refractivity contribution in [2.45, 2.75) is 34.6 Å². The molecule has 18 heavy (non-hydrogen) atoms. The molecule has 0 aromatic heterocycles. The van der Waals surface area contributed by atoms with Crippen LogP contribution in [0.4, 0.5) is 0 Å². The molecule has 0 aliphatic heterocycles. The van der Waals surface area contributed by atoms with Gasteiger partial charge in [0.1, 0.15) is 11.5 Å². The highest BCUT2D eigenvalue weighted by Gasteiger charge is 2.09. The quantitative estimate of drug-likeness (QED) is 0.716. The first kappa shape index (κ1) is 12.7. The minimum atomic E-state index is 0.951. The topological polar surface area (TPSA) is 9.23 Å². The van der Waals surface area contributed by atoms with Gasteiger partial charge < -0.3 is 4.74 Å². The van der Waals surface area contributed by atoms with Crippen LogP contribution in [0.5, 0.6) is 11.5 Å². The predicted octanol–water partition coefficient (Wildman–Crippen LogP) is 5.02. The van der Waals surface area contributed by atoms with Gasteiger partial charge in [-0.05, 0) is 68.5 Å². The first-order valence-electron chi connectivity index (χ1n) is 6.31. The van der Waals surface area contributed by atoms with Crippen LogP contribution in [0.3, 0.4) is 0 Å². The summed E-state index contributed by atoms with van der Waals surface area (Å²) in [6.45, 7) is 10.5. The molecule has 1 heteroatoms. The average molecular weight is 240 g/mol. The van der Waals surface area contributed by atoms with Gasteiger partial charge in [0.2, 0.25) is 0 Å². The largest absolute Gasteiger partial charge is 0.457 e. The Kier molecular flexibility index (Phi) is 3.42. The molecular weight excluding hydrogens is 220 g/mol. The Morgan fingerprint density at radius 3 is 2.06 bits per heavy atom. The molecule has 0 bridgehead atoms. The van der Waals surface area contributed by atoms with E-state index < -0.39 is 0 Å². The van der Waals surface area contributed by atoms with Crippen molar-refractivity contribution in [2.75, 3.05) is 0 Å². The van der Waals surface area contributed by atoms with E-state index in [1.807, 2.05) is 0 Å². The lowest BCUT2D eigenvalue weighted by molar-refractivity contribution is 0.470. The van der Waals surface area contributed by atoms with Crippen molar-refractivity contribution in [1.82, 2.24) is 0 Å². The third-order valence-corrected chi connectivity index (χ3v) is 3.43. The van der Waals surface area contributed by atoms with Crippen molar-refractivity contribution < 1.29 is 4.74 Å². The molecule has 2 aromatic rings. The number of ether oxygens (including phenoxy) is 1. The molecule has 2 rings (SSSR count). The normalized spacial score (nSPS) is 10.5. The number of aryl methyl sites for hydroxylation is 4. The Labute approximate surface area is 109 Å². The minimum absolute atomic E-state index is 0.951. The summed E-state index contributed by atoms with van der Waals surface area (Å²) in [5.41, 5.74) is 6.05. The molecule has 0 saturated heterocycles. The molecule has 0 spiro atoms. The van der Waals surface area contributed by atoms with Gasteiger partial charge in [-0.1, -0.05) is 24.3 Å². The lowest BCUT2D eigenvalue weighted by Crippen LogP contribution is -1.95. The van der Waals surface area contributed by atoms with Crippen molar-refractivity contribution in [3.8, 4) is 11.5 Å². The summed E-state index contributed by atoms with van der Waals surface area (Å²) >= 11 is 0. The molecule has 0 saturated carbocycles. The average Bonchev–Trinajstić information content (AvgIpc) is 2.34. The summed E-state index contributed by atoms with van der Waals surface area (Å²) < 4.78 is 6.13. The predicted molar refractivity (Wildman–Crippen MR) is 76.6 cm³/mol. The van der Waals surface area contributed by atoms with Gasteiger partial charge in [0.05, 0.1) is 0 Å². The van der Waals surface area contributed by atoms with Crippen LogP contribution >= 0.6 is 0 Å². The number of rotatable bonds is 2. The van der Waals surface area contributed by atoms with E-state index in [9.17, 15) is 0 Å². The molecule has 0 aliphatic rings. The number of benzene rings is 2. The third-order valence-electron chi connectivity index (χ3n) is 3.43. The second-order valence-corrected chi connectivity index (χ2v) is 5.02. The van der Waals surface area contributed by atoms with Crippen LogP contribution in [-0.4, -0.2) is 0 Å². The zero-order valence-electron chi connectivity index (χ0n) is 11.8. The molecule has 0 atom stereocenters. The van der Waals surface area contributed by atoms with Gasteiger partial charge in [0.25, 0.3) is 0 Å². The highest BCUT2D eigenvalue weighted by molar-refractivity contribution is 5.48. The minimum Gasteiger partial charge on any atom is -0.457 e. The SMILES string of the molecule is Cc1ccc(C)c(Oc2c(C)ccc(C)c2C)c1. The molecule has 0 radical (unpaired) electrons. The Balaban J connectivity index is 2.46. The molecule has 0 amide bonds. The van der Waals surface area contributed by atoms with Crippen LogP contribution in [0, 0.1) is 34.6 Å². The maximum absolute atomic E-state index is 6.13. The molecule has 0 heterocycles. The van der Waals surface area contributed by atoms with Crippen molar-refractivity contribution >= 4 is 0 Å². The van der Waals surface area contributed by atoms with Crippen LogP contribution in [0.1, 0.15) is 27.8 Å². The molecule has 94 valence electrons. The molecule has 0 unspecified atom stereocenters. The molecule has 1 nitrogen and oxygen atoms in total. The Morgan fingerprint density at radius 1 is 0.722 bits per heavy atom. The number of hydrogen-bond acceptors (Lipinski definition) is 1. The maximum Gasteiger partial charge on any atom is 0.133 e. The van der Waals surface area contributed by atoms with Crippen LogP contribution in [0.15, 0.2) is 30.3 Å². The monoisotopic (exact) mass is 240 g/mol. The van der Waals surface area contributed by atoms with Gasteiger partial charge in [0, 0.05) is 0 Å². The molecule has 0 aliphatic carbocycles. The van der Waals surface area contributed by atoms with Gasteiger partial charge in [-0.2, -0.15) is 0 Å². The maximum atomic E-state index is 6.13. The van der Waals surface area contributed by atoms with E-state index in [1.54, 1.807) is 0 Å². The van der Waals surface area contributed by atoms with Gasteiger partial charge in [-0.25, -0.2) is 0 Å². The smallest absolute Gasteiger partial charge is 0.133 e. The summed E-state index contributed by atoms with van der Waals surface area (Å²) in [5.74, 6) is 1.94. The Bertz CT molecular complexity index is 582. The fraction of sp³-hybridized carbons (Fsp3) is 0.294. The summed E-state index contributed by atoms with van der Waals surface area (Å²) in [6, 6.07) is 10.6. The highest BCUT2D eigenvalue weighted by Crippen LogP contribution is 2.32. The van der Waals surface area contributed by atoms with Crippen LogP contribution in [-0.2, 0) is 0 Å².